The Labute approximate surface area is 109 Å². The largest absolute Gasteiger partial charge is 0.227 e. The quantitative estimate of drug-likeness (QED) is 0.841. The molecular weight excluding hydrogens is 246 g/mol. The minimum Gasteiger partial charge on any atom is -0.227 e. The standard InChI is InChI=1S/C14H19NO2S/c1-11(2)18(16,17)14(4,10-15)9-13-8-6-5-7-12(13)3/h5-8,11H,9H2,1-4H3. The van der Waals surface area contributed by atoms with E-state index in [0.29, 0.717) is 0 Å². The lowest BCUT2D eigenvalue weighted by atomic mass is 9.98. The second-order valence-corrected chi connectivity index (χ2v) is 7.97. The first kappa shape index (κ1) is 14.7. The highest BCUT2D eigenvalue weighted by atomic mass is 32.2. The van der Waals surface area contributed by atoms with Crippen molar-refractivity contribution in [3.63, 3.8) is 0 Å². The fourth-order valence-corrected chi connectivity index (χ4v) is 3.42. The molecule has 1 rings (SSSR count). The number of hydrogen-bond donors (Lipinski definition) is 0. The molecule has 0 amide bonds. The summed E-state index contributed by atoms with van der Waals surface area (Å²) in [6.45, 7) is 6.66. The molecule has 0 saturated heterocycles. The van der Waals surface area contributed by atoms with Gasteiger partial charge in [0.25, 0.3) is 0 Å². The fraction of sp³-hybridized carbons (Fsp3) is 0.500. The van der Waals surface area contributed by atoms with Crippen molar-refractivity contribution < 1.29 is 8.42 Å². The second-order valence-electron chi connectivity index (χ2n) is 5.04. The summed E-state index contributed by atoms with van der Waals surface area (Å²) in [6, 6.07) is 9.55. The van der Waals surface area contributed by atoms with Crippen LogP contribution in [0.5, 0.6) is 0 Å². The molecule has 0 radical (unpaired) electrons. The highest BCUT2D eigenvalue weighted by molar-refractivity contribution is 7.93. The monoisotopic (exact) mass is 265 g/mol. The van der Waals surface area contributed by atoms with E-state index in [-0.39, 0.29) is 6.42 Å². The van der Waals surface area contributed by atoms with E-state index in [1.165, 1.54) is 6.92 Å². The van der Waals surface area contributed by atoms with Gasteiger partial charge in [-0.25, -0.2) is 8.42 Å². The van der Waals surface area contributed by atoms with E-state index in [9.17, 15) is 13.7 Å². The van der Waals surface area contributed by atoms with Gasteiger partial charge in [0.2, 0.25) is 0 Å². The lowest BCUT2D eigenvalue weighted by Crippen LogP contribution is -2.41. The van der Waals surface area contributed by atoms with Crippen molar-refractivity contribution in [2.45, 2.75) is 44.1 Å². The van der Waals surface area contributed by atoms with Gasteiger partial charge in [-0.2, -0.15) is 5.26 Å². The summed E-state index contributed by atoms with van der Waals surface area (Å²) in [5.74, 6) is 0. The van der Waals surface area contributed by atoms with Crippen LogP contribution in [0.2, 0.25) is 0 Å². The van der Waals surface area contributed by atoms with Gasteiger partial charge >= 0.3 is 0 Å². The van der Waals surface area contributed by atoms with Crippen molar-refractivity contribution in [1.29, 1.82) is 5.26 Å². The maximum absolute atomic E-state index is 12.3. The molecule has 0 aliphatic rings. The van der Waals surface area contributed by atoms with E-state index >= 15 is 0 Å². The van der Waals surface area contributed by atoms with Crippen LogP contribution in [0.15, 0.2) is 24.3 Å². The smallest absolute Gasteiger partial charge is 0.171 e. The number of aryl methyl sites for hydroxylation is 1. The SMILES string of the molecule is Cc1ccccc1CC(C)(C#N)S(=O)(=O)C(C)C. The molecule has 98 valence electrons. The van der Waals surface area contributed by atoms with Gasteiger partial charge in [-0.15, -0.1) is 0 Å². The van der Waals surface area contributed by atoms with Crippen LogP contribution >= 0.6 is 0 Å². The van der Waals surface area contributed by atoms with E-state index in [1.54, 1.807) is 13.8 Å². The fourth-order valence-electron chi connectivity index (χ4n) is 1.90. The van der Waals surface area contributed by atoms with Gasteiger partial charge in [-0.3, -0.25) is 0 Å². The molecule has 1 atom stereocenters. The molecule has 0 bridgehead atoms. The summed E-state index contributed by atoms with van der Waals surface area (Å²) in [4.78, 5) is 0. The van der Waals surface area contributed by atoms with Crippen molar-refractivity contribution in [2.75, 3.05) is 0 Å². The van der Waals surface area contributed by atoms with E-state index in [1.807, 2.05) is 37.3 Å². The maximum atomic E-state index is 12.3. The summed E-state index contributed by atoms with van der Waals surface area (Å²) in [5, 5.41) is 8.74. The third kappa shape index (κ3) is 2.56. The summed E-state index contributed by atoms with van der Waals surface area (Å²) in [6.07, 6.45) is 0.233. The molecular formula is C14H19NO2S. The van der Waals surface area contributed by atoms with Crippen LogP contribution in [0, 0.1) is 18.3 Å². The van der Waals surface area contributed by atoms with E-state index in [2.05, 4.69) is 0 Å². The summed E-state index contributed by atoms with van der Waals surface area (Å²) in [5.41, 5.74) is 1.92. The van der Waals surface area contributed by atoms with Crippen LogP contribution in [0.25, 0.3) is 0 Å². The number of benzene rings is 1. The molecule has 0 aliphatic heterocycles. The first-order valence-corrected chi connectivity index (χ1v) is 7.48. The molecule has 0 N–H and O–H groups in total. The van der Waals surface area contributed by atoms with E-state index < -0.39 is 19.8 Å². The summed E-state index contributed by atoms with van der Waals surface area (Å²) >= 11 is 0. The molecule has 0 aromatic heterocycles. The number of nitrogens with zero attached hydrogens (tertiary/aromatic N) is 1. The van der Waals surface area contributed by atoms with Crippen molar-refractivity contribution in [3.05, 3.63) is 35.4 Å². The summed E-state index contributed by atoms with van der Waals surface area (Å²) < 4.78 is 23.2. The van der Waals surface area contributed by atoms with Crippen LogP contribution in [-0.2, 0) is 16.3 Å². The highest BCUT2D eigenvalue weighted by Crippen LogP contribution is 2.27. The molecule has 0 spiro atoms. The number of nitriles is 1. The highest BCUT2D eigenvalue weighted by Gasteiger charge is 2.41. The molecule has 0 heterocycles. The molecule has 3 nitrogen and oxygen atoms in total. The Kier molecular flexibility index (Phi) is 4.18. The first-order valence-electron chi connectivity index (χ1n) is 5.94. The van der Waals surface area contributed by atoms with Gasteiger partial charge < -0.3 is 0 Å². The average molecular weight is 265 g/mol. The lowest BCUT2D eigenvalue weighted by Gasteiger charge is -2.25. The second kappa shape index (κ2) is 5.11. The third-order valence-electron chi connectivity index (χ3n) is 3.27. The van der Waals surface area contributed by atoms with Crippen LogP contribution < -0.4 is 0 Å². The number of rotatable bonds is 4. The van der Waals surface area contributed by atoms with Gasteiger partial charge in [-0.05, 0) is 38.8 Å². The zero-order chi connectivity index (χ0) is 14.0. The lowest BCUT2D eigenvalue weighted by molar-refractivity contribution is 0.554. The van der Waals surface area contributed by atoms with Crippen molar-refractivity contribution in [2.24, 2.45) is 0 Å². The minimum absolute atomic E-state index is 0.233. The average Bonchev–Trinajstić information content (AvgIpc) is 2.31. The van der Waals surface area contributed by atoms with Gasteiger partial charge in [0.1, 0.15) is 0 Å². The molecule has 0 aliphatic carbocycles. The minimum atomic E-state index is -3.46. The Bertz CT molecular complexity index is 570. The van der Waals surface area contributed by atoms with Gasteiger partial charge in [0.15, 0.2) is 14.6 Å². The molecule has 18 heavy (non-hydrogen) atoms. The molecule has 1 unspecified atom stereocenters. The van der Waals surface area contributed by atoms with E-state index in [0.717, 1.165) is 11.1 Å². The van der Waals surface area contributed by atoms with Gasteiger partial charge in [0.05, 0.1) is 11.3 Å². The normalized spacial score (nSPS) is 15.1. The Morgan fingerprint density at radius 2 is 1.89 bits per heavy atom. The summed E-state index contributed by atoms with van der Waals surface area (Å²) in [7, 11) is -3.46. The van der Waals surface area contributed by atoms with Gasteiger partial charge in [-0.1, -0.05) is 24.3 Å². The Balaban J connectivity index is 3.22. The first-order chi connectivity index (χ1) is 8.24. The van der Waals surface area contributed by atoms with Gasteiger partial charge in [0, 0.05) is 6.42 Å². The molecule has 1 aromatic carbocycles. The van der Waals surface area contributed by atoms with Crippen molar-refractivity contribution in [3.8, 4) is 6.07 Å². The Morgan fingerprint density at radius 1 is 1.33 bits per heavy atom. The van der Waals surface area contributed by atoms with E-state index in [4.69, 9.17) is 0 Å². The molecule has 0 saturated carbocycles. The topological polar surface area (TPSA) is 57.9 Å². The molecule has 1 aromatic rings. The zero-order valence-corrected chi connectivity index (χ0v) is 12.1. The predicted octanol–water partition coefficient (Wildman–Crippen LogP) is 2.64. The number of sulfone groups is 1. The van der Waals surface area contributed by atoms with Crippen molar-refractivity contribution >= 4 is 9.84 Å². The van der Waals surface area contributed by atoms with Crippen LogP contribution in [-0.4, -0.2) is 18.4 Å². The van der Waals surface area contributed by atoms with Crippen LogP contribution in [0.1, 0.15) is 31.9 Å². The Morgan fingerprint density at radius 3 is 2.33 bits per heavy atom. The van der Waals surface area contributed by atoms with Crippen LogP contribution in [0.3, 0.4) is 0 Å². The maximum Gasteiger partial charge on any atom is 0.171 e. The zero-order valence-electron chi connectivity index (χ0n) is 11.3. The van der Waals surface area contributed by atoms with Crippen molar-refractivity contribution in [1.82, 2.24) is 0 Å². The third-order valence-corrected chi connectivity index (χ3v) is 6.01. The molecule has 4 heteroatoms. The van der Waals surface area contributed by atoms with Crippen LogP contribution in [0.4, 0.5) is 0 Å². The molecule has 0 fully saturated rings. The number of hydrogen-bond acceptors (Lipinski definition) is 3. The predicted molar refractivity (Wildman–Crippen MR) is 73.0 cm³/mol. The Hall–Kier alpha value is -1.34.